The molecule has 1 rings (SSSR count). The number of primary sulfonamides is 1. The van der Waals surface area contributed by atoms with Crippen molar-refractivity contribution < 1.29 is 8.42 Å². The van der Waals surface area contributed by atoms with E-state index in [9.17, 15) is 8.42 Å². The van der Waals surface area contributed by atoms with E-state index in [1.165, 1.54) is 6.20 Å². The summed E-state index contributed by atoms with van der Waals surface area (Å²) in [6.07, 6.45) is 2.49. The SMILES string of the molecule is NS(=O)(=O)c1cnc(CBr)cn1. The summed E-state index contributed by atoms with van der Waals surface area (Å²) in [4.78, 5) is 7.41. The Morgan fingerprint density at radius 1 is 1.42 bits per heavy atom. The Hall–Kier alpha value is -0.530. The van der Waals surface area contributed by atoms with Crippen molar-refractivity contribution >= 4 is 26.0 Å². The van der Waals surface area contributed by atoms with E-state index in [-0.39, 0.29) is 5.03 Å². The molecule has 0 aliphatic carbocycles. The lowest BCUT2D eigenvalue weighted by molar-refractivity contribution is 0.593. The van der Waals surface area contributed by atoms with Gasteiger partial charge in [-0.3, -0.25) is 4.98 Å². The monoisotopic (exact) mass is 251 g/mol. The van der Waals surface area contributed by atoms with Crippen molar-refractivity contribution in [1.82, 2.24) is 9.97 Å². The van der Waals surface area contributed by atoms with Crippen LogP contribution in [-0.4, -0.2) is 18.4 Å². The zero-order valence-electron chi connectivity index (χ0n) is 5.94. The Morgan fingerprint density at radius 2 is 2.08 bits per heavy atom. The summed E-state index contributed by atoms with van der Waals surface area (Å²) in [7, 11) is -3.72. The second kappa shape index (κ2) is 3.46. The molecule has 0 bridgehead atoms. The molecule has 0 saturated carbocycles. The Bertz CT molecular complexity index is 361. The van der Waals surface area contributed by atoms with Crippen LogP contribution in [0, 0.1) is 0 Å². The van der Waals surface area contributed by atoms with Gasteiger partial charge in [-0.25, -0.2) is 18.5 Å². The Morgan fingerprint density at radius 3 is 2.42 bits per heavy atom. The minimum Gasteiger partial charge on any atom is -0.256 e. The third-order valence-corrected chi connectivity index (χ3v) is 2.48. The van der Waals surface area contributed by atoms with Crippen LogP contribution in [0.1, 0.15) is 5.69 Å². The minimum atomic E-state index is -3.72. The highest BCUT2D eigenvalue weighted by Gasteiger charge is 2.08. The maximum atomic E-state index is 10.7. The molecule has 0 atom stereocenters. The Balaban J connectivity index is 3.09. The average Bonchev–Trinajstić information content (AvgIpc) is 2.03. The van der Waals surface area contributed by atoms with Crippen molar-refractivity contribution in [2.45, 2.75) is 10.4 Å². The quantitative estimate of drug-likeness (QED) is 0.751. The van der Waals surface area contributed by atoms with Crippen LogP contribution in [0.4, 0.5) is 0 Å². The molecule has 1 aromatic heterocycles. The number of hydrogen-bond donors (Lipinski definition) is 1. The molecule has 12 heavy (non-hydrogen) atoms. The highest BCUT2D eigenvalue weighted by Crippen LogP contribution is 2.03. The molecule has 0 aliphatic rings. The number of sulfonamides is 1. The number of rotatable bonds is 2. The van der Waals surface area contributed by atoms with Crippen LogP contribution >= 0.6 is 15.9 Å². The van der Waals surface area contributed by atoms with Gasteiger partial charge >= 0.3 is 0 Å². The smallest absolute Gasteiger partial charge is 0.256 e. The van der Waals surface area contributed by atoms with E-state index in [1.807, 2.05) is 0 Å². The number of hydrogen-bond acceptors (Lipinski definition) is 4. The molecule has 0 saturated heterocycles. The number of halogens is 1. The molecule has 0 aromatic carbocycles. The van der Waals surface area contributed by atoms with E-state index in [2.05, 4.69) is 25.9 Å². The van der Waals surface area contributed by atoms with E-state index < -0.39 is 10.0 Å². The van der Waals surface area contributed by atoms with Crippen LogP contribution < -0.4 is 5.14 Å². The normalized spacial score (nSPS) is 11.5. The number of aromatic nitrogens is 2. The number of nitrogens with two attached hydrogens (primary N) is 1. The second-order valence-corrected chi connectivity index (χ2v) is 4.09. The molecule has 0 spiro atoms. The average molecular weight is 252 g/mol. The van der Waals surface area contributed by atoms with Gasteiger partial charge in [-0.2, -0.15) is 0 Å². The van der Waals surface area contributed by atoms with Crippen molar-refractivity contribution in [1.29, 1.82) is 0 Å². The minimum absolute atomic E-state index is 0.216. The molecule has 2 N–H and O–H groups in total. The van der Waals surface area contributed by atoms with Gasteiger partial charge in [0.2, 0.25) is 0 Å². The fourth-order valence-electron chi connectivity index (χ4n) is 0.559. The summed E-state index contributed by atoms with van der Waals surface area (Å²) in [5, 5.41) is 5.12. The first-order chi connectivity index (χ1) is 5.54. The van der Waals surface area contributed by atoms with E-state index in [4.69, 9.17) is 5.14 Å². The largest absolute Gasteiger partial charge is 0.257 e. The summed E-state index contributed by atoms with van der Waals surface area (Å²) in [5.74, 6) is 0. The van der Waals surface area contributed by atoms with Crippen LogP contribution in [0.3, 0.4) is 0 Å². The lowest BCUT2D eigenvalue weighted by atomic mass is 10.5. The molecule has 0 fully saturated rings. The zero-order valence-corrected chi connectivity index (χ0v) is 8.34. The Kier molecular flexibility index (Phi) is 2.76. The van der Waals surface area contributed by atoms with Gasteiger partial charge in [0.1, 0.15) is 0 Å². The maximum Gasteiger partial charge on any atom is 0.257 e. The van der Waals surface area contributed by atoms with Gasteiger partial charge in [0.15, 0.2) is 5.03 Å². The van der Waals surface area contributed by atoms with Crippen molar-refractivity contribution in [2.24, 2.45) is 5.14 Å². The summed E-state index contributed by atoms with van der Waals surface area (Å²) in [5.41, 5.74) is 0.655. The molecule has 7 heteroatoms. The summed E-state index contributed by atoms with van der Waals surface area (Å²) < 4.78 is 21.4. The fraction of sp³-hybridized carbons (Fsp3) is 0.200. The van der Waals surface area contributed by atoms with Crippen molar-refractivity contribution in [3.63, 3.8) is 0 Å². The van der Waals surface area contributed by atoms with Gasteiger partial charge in [-0.1, -0.05) is 15.9 Å². The van der Waals surface area contributed by atoms with Gasteiger partial charge in [0.25, 0.3) is 10.0 Å². The summed E-state index contributed by atoms with van der Waals surface area (Å²) >= 11 is 3.15. The van der Waals surface area contributed by atoms with Crippen molar-refractivity contribution in [3.05, 3.63) is 18.1 Å². The van der Waals surface area contributed by atoms with Crippen LogP contribution in [0.15, 0.2) is 17.4 Å². The Labute approximate surface area is 78.2 Å². The molecule has 0 aliphatic heterocycles. The maximum absolute atomic E-state index is 10.7. The van der Waals surface area contributed by atoms with E-state index in [0.29, 0.717) is 11.0 Å². The first-order valence-electron chi connectivity index (χ1n) is 2.93. The van der Waals surface area contributed by atoms with Gasteiger partial charge in [-0.05, 0) is 0 Å². The number of nitrogens with zero attached hydrogens (tertiary/aromatic N) is 2. The fourth-order valence-corrected chi connectivity index (χ4v) is 1.25. The molecule has 0 amide bonds. The van der Waals surface area contributed by atoms with Crippen molar-refractivity contribution in [3.8, 4) is 0 Å². The van der Waals surface area contributed by atoms with E-state index >= 15 is 0 Å². The lowest BCUT2D eigenvalue weighted by Gasteiger charge is -1.96. The topological polar surface area (TPSA) is 85.9 Å². The highest BCUT2D eigenvalue weighted by molar-refractivity contribution is 9.08. The first-order valence-corrected chi connectivity index (χ1v) is 5.60. The number of alkyl halides is 1. The van der Waals surface area contributed by atoms with Gasteiger partial charge < -0.3 is 0 Å². The van der Waals surface area contributed by atoms with Crippen LogP contribution in [0.25, 0.3) is 0 Å². The van der Waals surface area contributed by atoms with E-state index in [0.717, 1.165) is 6.20 Å². The molecule has 5 nitrogen and oxygen atoms in total. The van der Waals surface area contributed by atoms with Crippen LogP contribution in [-0.2, 0) is 15.4 Å². The molecule has 66 valence electrons. The van der Waals surface area contributed by atoms with Gasteiger partial charge in [0, 0.05) is 5.33 Å². The highest BCUT2D eigenvalue weighted by atomic mass is 79.9. The lowest BCUT2D eigenvalue weighted by Crippen LogP contribution is -2.14. The third kappa shape index (κ3) is 2.23. The molecule has 0 unspecified atom stereocenters. The molecule has 0 radical (unpaired) electrons. The predicted molar refractivity (Wildman–Crippen MR) is 46.0 cm³/mol. The molecular weight excluding hydrogens is 246 g/mol. The van der Waals surface area contributed by atoms with Crippen LogP contribution in [0.2, 0.25) is 0 Å². The first kappa shape index (κ1) is 9.56. The van der Waals surface area contributed by atoms with Gasteiger partial charge in [0.05, 0.1) is 18.1 Å². The summed E-state index contributed by atoms with van der Waals surface area (Å²) in [6.45, 7) is 0. The molecule has 1 heterocycles. The van der Waals surface area contributed by atoms with Crippen molar-refractivity contribution in [2.75, 3.05) is 0 Å². The molecular formula is C5H6BrN3O2S. The zero-order chi connectivity index (χ0) is 9.19. The van der Waals surface area contributed by atoms with Gasteiger partial charge in [-0.15, -0.1) is 0 Å². The summed E-state index contributed by atoms with van der Waals surface area (Å²) in [6, 6.07) is 0. The predicted octanol–water partition coefficient (Wildman–Crippen LogP) is 0.0189. The third-order valence-electron chi connectivity index (χ3n) is 1.11. The molecule has 1 aromatic rings. The standard InChI is InChI=1S/C5H6BrN3O2S/c6-1-4-2-9-5(3-8-4)12(7,10)11/h2-3H,1H2,(H2,7,10,11). The second-order valence-electron chi connectivity index (χ2n) is 2.02. The van der Waals surface area contributed by atoms with Crippen LogP contribution in [0.5, 0.6) is 0 Å². The van der Waals surface area contributed by atoms with E-state index in [1.54, 1.807) is 0 Å².